The Bertz CT molecular complexity index is 517. The monoisotopic (exact) mass is 477 g/mol. The second-order valence-corrected chi connectivity index (χ2v) is 12.3. The van der Waals surface area contributed by atoms with Crippen LogP contribution < -0.4 is 10.6 Å². The Morgan fingerprint density at radius 2 is 1.59 bits per heavy atom. The molecule has 3 aliphatic rings. The van der Waals surface area contributed by atoms with Gasteiger partial charge in [-0.05, 0) is 127 Å². The summed E-state index contributed by atoms with van der Waals surface area (Å²) in [5.74, 6) is 3.71. The highest BCUT2D eigenvalue weighted by molar-refractivity contribution is 4.81. The Hall–Kier alpha value is -0.160. The molecule has 0 heterocycles. The van der Waals surface area contributed by atoms with Gasteiger partial charge in [-0.2, -0.15) is 0 Å². The topological polar surface area (TPSA) is 36.5 Å². The summed E-state index contributed by atoms with van der Waals surface area (Å²) in [6.45, 7) is 12.3. The summed E-state index contributed by atoms with van der Waals surface area (Å²) in [4.78, 5) is 2.78. The molecule has 0 bridgehead atoms. The van der Waals surface area contributed by atoms with Crippen molar-refractivity contribution >= 4 is 0 Å². The Labute approximate surface area is 212 Å². The van der Waals surface area contributed by atoms with Gasteiger partial charge in [0, 0.05) is 19.7 Å². The van der Waals surface area contributed by atoms with Crippen molar-refractivity contribution in [3.63, 3.8) is 0 Å². The third kappa shape index (κ3) is 10.8. The summed E-state index contributed by atoms with van der Waals surface area (Å²) in [6, 6.07) is 0.704. The molecule has 4 heteroatoms. The first-order valence-electron chi connectivity index (χ1n) is 15.3. The smallest absolute Gasteiger partial charge is 0.0571 e. The zero-order valence-corrected chi connectivity index (χ0v) is 23.3. The van der Waals surface area contributed by atoms with Gasteiger partial charge in [-0.3, -0.25) is 5.32 Å². The van der Waals surface area contributed by atoms with Crippen LogP contribution in [0.3, 0.4) is 0 Å². The average molecular weight is 478 g/mol. The van der Waals surface area contributed by atoms with Crippen molar-refractivity contribution in [2.24, 2.45) is 23.7 Å². The lowest BCUT2D eigenvalue weighted by atomic mass is 9.81. The molecule has 3 saturated carbocycles. The summed E-state index contributed by atoms with van der Waals surface area (Å²) < 4.78 is 5.56. The number of nitrogens with one attached hydrogen (secondary N) is 2. The van der Waals surface area contributed by atoms with Crippen LogP contribution in [0.25, 0.3) is 0 Å². The number of methoxy groups -OCH3 is 1. The predicted octanol–water partition coefficient (Wildman–Crippen LogP) is 6.59. The Kier molecular flexibility index (Phi) is 13.2. The van der Waals surface area contributed by atoms with E-state index in [0.717, 1.165) is 23.7 Å². The molecule has 0 spiro atoms. The van der Waals surface area contributed by atoms with Crippen molar-refractivity contribution in [3.05, 3.63) is 0 Å². The molecular weight excluding hydrogens is 418 g/mol. The van der Waals surface area contributed by atoms with Gasteiger partial charge >= 0.3 is 0 Å². The number of rotatable bonds is 16. The molecule has 0 saturated heterocycles. The lowest BCUT2D eigenvalue weighted by Gasteiger charge is -2.31. The molecule has 4 unspecified atom stereocenters. The van der Waals surface area contributed by atoms with Gasteiger partial charge in [0.1, 0.15) is 0 Å². The third-order valence-corrected chi connectivity index (χ3v) is 9.26. The number of hydrogen-bond acceptors (Lipinski definition) is 4. The van der Waals surface area contributed by atoms with E-state index in [2.05, 4.69) is 36.3 Å². The molecule has 2 N–H and O–H groups in total. The highest BCUT2D eigenvalue weighted by Crippen LogP contribution is 2.32. The second-order valence-electron chi connectivity index (χ2n) is 12.3. The van der Waals surface area contributed by atoms with Crippen molar-refractivity contribution in [3.8, 4) is 0 Å². The summed E-state index contributed by atoms with van der Waals surface area (Å²) in [5.41, 5.74) is 0. The molecule has 200 valence electrons. The van der Waals surface area contributed by atoms with E-state index in [0.29, 0.717) is 18.3 Å². The first-order chi connectivity index (χ1) is 16.6. The molecule has 3 rings (SSSR count). The molecular formula is C30H59N3O. The van der Waals surface area contributed by atoms with E-state index in [4.69, 9.17) is 4.74 Å². The normalized spacial score (nSPS) is 30.3. The number of ether oxygens (including phenoxy) is 1. The first-order valence-corrected chi connectivity index (χ1v) is 15.3. The van der Waals surface area contributed by atoms with Crippen LogP contribution in [0.5, 0.6) is 0 Å². The summed E-state index contributed by atoms with van der Waals surface area (Å²) in [6.07, 6.45) is 21.6. The highest BCUT2D eigenvalue weighted by Gasteiger charge is 2.26. The van der Waals surface area contributed by atoms with E-state index in [1.807, 2.05) is 7.11 Å². The lowest BCUT2D eigenvalue weighted by Crippen LogP contribution is -2.46. The average Bonchev–Trinajstić information content (AvgIpc) is 3.69. The Morgan fingerprint density at radius 3 is 2.26 bits per heavy atom. The maximum Gasteiger partial charge on any atom is 0.0571 e. The van der Waals surface area contributed by atoms with Crippen LogP contribution >= 0.6 is 0 Å². The van der Waals surface area contributed by atoms with Gasteiger partial charge in [0.2, 0.25) is 0 Å². The van der Waals surface area contributed by atoms with E-state index in [9.17, 15) is 0 Å². The zero-order chi connectivity index (χ0) is 24.2. The lowest BCUT2D eigenvalue weighted by molar-refractivity contribution is 0.0526. The fourth-order valence-corrected chi connectivity index (χ4v) is 6.70. The van der Waals surface area contributed by atoms with Gasteiger partial charge in [-0.1, -0.05) is 33.1 Å². The van der Waals surface area contributed by atoms with Crippen molar-refractivity contribution < 1.29 is 4.74 Å². The van der Waals surface area contributed by atoms with E-state index in [-0.39, 0.29) is 0 Å². The van der Waals surface area contributed by atoms with Crippen molar-refractivity contribution in [2.45, 2.75) is 135 Å². The third-order valence-electron chi connectivity index (χ3n) is 9.26. The quantitative estimate of drug-likeness (QED) is 0.194. The molecule has 0 aliphatic heterocycles. The maximum absolute atomic E-state index is 5.56. The molecule has 3 fully saturated rings. The minimum atomic E-state index is 0.429. The fourth-order valence-electron chi connectivity index (χ4n) is 6.70. The van der Waals surface area contributed by atoms with Crippen LogP contribution in [-0.4, -0.2) is 56.5 Å². The molecule has 0 radical (unpaired) electrons. The van der Waals surface area contributed by atoms with Crippen LogP contribution in [0.2, 0.25) is 0 Å². The SMILES string of the molecule is CCCN(CCC1CCCC(NC(C)NCC(CC)CC2CCC(OC)CC2)CC1)CC1CC1. The zero-order valence-electron chi connectivity index (χ0n) is 23.3. The molecule has 34 heavy (non-hydrogen) atoms. The molecule has 0 aromatic rings. The summed E-state index contributed by atoms with van der Waals surface area (Å²) >= 11 is 0. The van der Waals surface area contributed by atoms with Gasteiger partial charge in [0.25, 0.3) is 0 Å². The molecule has 0 aromatic heterocycles. The van der Waals surface area contributed by atoms with Crippen LogP contribution in [0.1, 0.15) is 117 Å². The van der Waals surface area contributed by atoms with Crippen LogP contribution in [-0.2, 0) is 4.74 Å². The fraction of sp³-hybridized carbons (Fsp3) is 1.00. The van der Waals surface area contributed by atoms with Gasteiger partial charge in [0.15, 0.2) is 0 Å². The van der Waals surface area contributed by atoms with Crippen LogP contribution in [0.4, 0.5) is 0 Å². The van der Waals surface area contributed by atoms with Crippen molar-refractivity contribution in [2.75, 3.05) is 33.3 Å². The Balaban J connectivity index is 1.29. The largest absolute Gasteiger partial charge is 0.381 e. The minimum Gasteiger partial charge on any atom is -0.381 e. The predicted molar refractivity (Wildman–Crippen MR) is 146 cm³/mol. The minimum absolute atomic E-state index is 0.429. The van der Waals surface area contributed by atoms with Gasteiger partial charge in [-0.15, -0.1) is 0 Å². The molecule has 0 amide bonds. The van der Waals surface area contributed by atoms with E-state index < -0.39 is 0 Å². The van der Waals surface area contributed by atoms with Gasteiger partial charge < -0.3 is 15.0 Å². The van der Waals surface area contributed by atoms with Gasteiger partial charge in [0.05, 0.1) is 12.3 Å². The van der Waals surface area contributed by atoms with Crippen LogP contribution in [0.15, 0.2) is 0 Å². The number of hydrogen-bond donors (Lipinski definition) is 2. The van der Waals surface area contributed by atoms with Crippen molar-refractivity contribution in [1.82, 2.24) is 15.5 Å². The standard InChI is InChI=1S/C30H59N3O/c1-5-19-33(23-28-10-11-28)20-18-26-8-7-9-29(15-12-26)32-24(3)31-22-25(6-2)21-27-13-16-30(34-4)17-14-27/h24-32H,5-23H2,1-4H3. The summed E-state index contributed by atoms with van der Waals surface area (Å²) in [7, 11) is 1.88. The summed E-state index contributed by atoms with van der Waals surface area (Å²) in [5, 5.41) is 7.82. The first kappa shape index (κ1) is 28.4. The molecule has 3 aliphatic carbocycles. The van der Waals surface area contributed by atoms with Crippen LogP contribution in [0, 0.1) is 23.7 Å². The number of nitrogens with zero attached hydrogens (tertiary/aromatic N) is 1. The van der Waals surface area contributed by atoms with E-state index in [1.165, 1.54) is 122 Å². The van der Waals surface area contributed by atoms with Crippen molar-refractivity contribution in [1.29, 1.82) is 0 Å². The van der Waals surface area contributed by atoms with E-state index in [1.54, 1.807) is 0 Å². The van der Waals surface area contributed by atoms with Gasteiger partial charge in [-0.25, -0.2) is 0 Å². The molecule has 0 aromatic carbocycles. The molecule has 4 nitrogen and oxygen atoms in total. The highest BCUT2D eigenvalue weighted by atomic mass is 16.5. The van der Waals surface area contributed by atoms with E-state index >= 15 is 0 Å². The molecule has 4 atom stereocenters. The Morgan fingerprint density at radius 1 is 0.853 bits per heavy atom. The maximum atomic E-state index is 5.56. The second kappa shape index (κ2) is 15.8.